The molecule has 5 nitrogen and oxygen atoms in total. The summed E-state index contributed by atoms with van der Waals surface area (Å²) in [5, 5.41) is 9.84. The molecule has 30 heavy (non-hydrogen) atoms. The van der Waals surface area contributed by atoms with Gasteiger partial charge in [0.15, 0.2) is 0 Å². The van der Waals surface area contributed by atoms with Gasteiger partial charge in [-0.2, -0.15) is 0 Å². The Hall–Kier alpha value is -1.62. The van der Waals surface area contributed by atoms with Crippen molar-refractivity contribution in [1.29, 1.82) is 0 Å². The first kappa shape index (κ1) is 21.6. The third kappa shape index (κ3) is 4.66. The topological polar surface area (TPSA) is 72.8 Å². The molecule has 1 saturated heterocycles. The van der Waals surface area contributed by atoms with Crippen LogP contribution in [0.15, 0.2) is 23.8 Å². The van der Waals surface area contributed by atoms with Crippen molar-refractivity contribution in [1.82, 2.24) is 0 Å². The number of esters is 2. The maximum Gasteiger partial charge on any atom is 0.312 e. The highest BCUT2D eigenvalue weighted by Crippen LogP contribution is 2.49. The molecule has 5 heteroatoms. The molecule has 1 N–H and O–H groups in total. The van der Waals surface area contributed by atoms with Crippen molar-refractivity contribution >= 4 is 11.9 Å². The number of carbonyl (C=O) groups excluding carboxylic acids is 2. The molecule has 0 amide bonds. The zero-order valence-corrected chi connectivity index (χ0v) is 18.5. The fraction of sp³-hybridized carbons (Fsp3) is 0.760. The van der Waals surface area contributed by atoms with Gasteiger partial charge < -0.3 is 14.6 Å². The smallest absolute Gasteiger partial charge is 0.312 e. The van der Waals surface area contributed by atoms with E-state index < -0.39 is 6.10 Å². The molecule has 0 aromatic heterocycles. The van der Waals surface area contributed by atoms with Crippen LogP contribution < -0.4 is 0 Å². The number of cyclic esters (lactones) is 1. The fourth-order valence-corrected chi connectivity index (χ4v) is 5.51. The number of hydrogen-bond acceptors (Lipinski definition) is 5. The Morgan fingerprint density at radius 1 is 1.27 bits per heavy atom. The summed E-state index contributed by atoms with van der Waals surface area (Å²) in [7, 11) is 0. The normalized spacial score (nSPS) is 39.5. The highest BCUT2D eigenvalue weighted by atomic mass is 16.6. The molecule has 1 aliphatic heterocycles. The Kier molecular flexibility index (Phi) is 6.11. The predicted octanol–water partition coefficient (Wildman–Crippen LogP) is 4.34. The molecule has 0 aromatic rings. The number of allylic oxidation sites excluding steroid dienone is 3. The quantitative estimate of drug-likeness (QED) is 0.652. The molecule has 166 valence electrons. The van der Waals surface area contributed by atoms with Gasteiger partial charge in [0.2, 0.25) is 0 Å². The first-order valence-corrected chi connectivity index (χ1v) is 11.7. The summed E-state index contributed by atoms with van der Waals surface area (Å²) in [6.07, 6.45) is 12.2. The van der Waals surface area contributed by atoms with Crippen LogP contribution >= 0.6 is 0 Å². The van der Waals surface area contributed by atoms with E-state index in [1.165, 1.54) is 5.57 Å². The van der Waals surface area contributed by atoms with Gasteiger partial charge in [-0.25, -0.2) is 0 Å². The second-order valence-electron chi connectivity index (χ2n) is 10.4. The van der Waals surface area contributed by atoms with E-state index >= 15 is 0 Å². The van der Waals surface area contributed by atoms with Crippen LogP contribution in [0, 0.1) is 29.1 Å². The number of aliphatic hydroxyl groups excluding tert-OH is 1. The van der Waals surface area contributed by atoms with Crippen molar-refractivity contribution in [3.05, 3.63) is 23.8 Å². The minimum atomic E-state index is -0.574. The standard InChI is InChI=1S/C25H36O5/c1-15-11-17-8-7-16(2)20(6-4-5-19-13-18(26)14-22(27)29-19)23(17)21(12-15)30-24(28)25(3)9-10-25/h7-8,11,15-16,18-21,23,26H,4-6,9-10,12-14H2,1-3H3/t15-,16-,18+,19+,20-,21-,23-/m0/s1. The lowest BCUT2D eigenvalue weighted by atomic mass is 9.65. The second-order valence-corrected chi connectivity index (χ2v) is 10.4. The van der Waals surface area contributed by atoms with E-state index in [2.05, 4.69) is 32.1 Å². The molecule has 4 rings (SSSR count). The Morgan fingerprint density at radius 3 is 2.73 bits per heavy atom. The van der Waals surface area contributed by atoms with Gasteiger partial charge in [0.05, 0.1) is 17.9 Å². The first-order valence-electron chi connectivity index (χ1n) is 11.7. The highest BCUT2D eigenvalue weighted by Gasteiger charge is 2.49. The molecule has 3 aliphatic carbocycles. The van der Waals surface area contributed by atoms with Crippen LogP contribution in [-0.4, -0.2) is 35.4 Å². The summed E-state index contributed by atoms with van der Waals surface area (Å²) in [6.45, 7) is 6.47. The zero-order valence-electron chi connectivity index (χ0n) is 18.5. The number of hydrogen-bond donors (Lipinski definition) is 1. The molecule has 1 saturated carbocycles. The Balaban J connectivity index is 1.43. The molecule has 0 bridgehead atoms. The molecule has 2 fully saturated rings. The molecule has 0 aromatic carbocycles. The van der Waals surface area contributed by atoms with Crippen molar-refractivity contribution in [3.63, 3.8) is 0 Å². The van der Waals surface area contributed by atoms with Crippen LogP contribution in [0.25, 0.3) is 0 Å². The molecule has 0 unspecified atom stereocenters. The lowest BCUT2D eigenvalue weighted by Crippen LogP contribution is -2.41. The van der Waals surface area contributed by atoms with Crippen LogP contribution in [0.2, 0.25) is 0 Å². The van der Waals surface area contributed by atoms with Gasteiger partial charge in [-0.15, -0.1) is 0 Å². The molecular weight excluding hydrogens is 380 g/mol. The minimum Gasteiger partial charge on any atom is -0.462 e. The van der Waals surface area contributed by atoms with Gasteiger partial charge in [0.1, 0.15) is 12.2 Å². The van der Waals surface area contributed by atoms with Gasteiger partial charge in [0.25, 0.3) is 0 Å². The van der Waals surface area contributed by atoms with E-state index in [0.717, 1.165) is 38.5 Å². The fourth-order valence-electron chi connectivity index (χ4n) is 5.51. The molecule has 1 heterocycles. The van der Waals surface area contributed by atoms with Crippen LogP contribution in [0.1, 0.15) is 72.1 Å². The summed E-state index contributed by atoms with van der Waals surface area (Å²) in [5.41, 5.74) is 1.05. The van der Waals surface area contributed by atoms with Crippen molar-refractivity contribution in [2.24, 2.45) is 29.1 Å². The lowest BCUT2D eigenvalue weighted by Gasteiger charge is -2.43. The Labute approximate surface area is 179 Å². The molecule has 4 aliphatic rings. The monoisotopic (exact) mass is 416 g/mol. The molecule has 0 radical (unpaired) electrons. The van der Waals surface area contributed by atoms with Crippen molar-refractivity contribution < 1.29 is 24.2 Å². The van der Waals surface area contributed by atoms with Gasteiger partial charge in [-0.1, -0.05) is 32.1 Å². The maximum absolute atomic E-state index is 12.7. The second kappa shape index (κ2) is 8.49. The SMILES string of the molecule is C[C@H]1C=C2C=C[C@H](C)[C@H](CCC[C@@H]3C[C@@H](O)CC(=O)O3)[C@H]2[C@@H](OC(=O)C2(C)CC2)C1. The van der Waals surface area contributed by atoms with Crippen molar-refractivity contribution in [2.45, 2.75) is 90.4 Å². The predicted molar refractivity (Wildman–Crippen MR) is 113 cm³/mol. The van der Waals surface area contributed by atoms with Gasteiger partial charge >= 0.3 is 11.9 Å². The summed E-state index contributed by atoms with van der Waals surface area (Å²) in [6, 6.07) is 0. The summed E-state index contributed by atoms with van der Waals surface area (Å²) in [4.78, 5) is 24.3. The number of carbonyl (C=O) groups is 2. The van der Waals surface area contributed by atoms with E-state index in [4.69, 9.17) is 9.47 Å². The number of rotatable bonds is 6. The van der Waals surface area contributed by atoms with E-state index in [1.807, 2.05) is 6.92 Å². The summed E-state index contributed by atoms with van der Waals surface area (Å²) < 4.78 is 11.6. The number of ether oxygens (including phenoxy) is 2. The third-order valence-electron chi connectivity index (χ3n) is 7.65. The molecule has 0 spiro atoms. The lowest BCUT2D eigenvalue weighted by molar-refractivity contribution is -0.160. The Bertz CT molecular complexity index is 734. The van der Waals surface area contributed by atoms with E-state index in [1.54, 1.807) is 0 Å². The van der Waals surface area contributed by atoms with Gasteiger partial charge in [-0.3, -0.25) is 9.59 Å². The third-order valence-corrected chi connectivity index (χ3v) is 7.65. The molecule has 7 atom stereocenters. The average Bonchev–Trinajstić information content (AvgIpc) is 3.41. The number of fused-ring (bicyclic) bond motifs is 1. The maximum atomic E-state index is 12.7. The van der Waals surface area contributed by atoms with Crippen molar-refractivity contribution in [2.75, 3.05) is 0 Å². The van der Waals surface area contributed by atoms with Crippen LogP contribution in [0.5, 0.6) is 0 Å². The van der Waals surface area contributed by atoms with Gasteiger partial charge in [0, 0.05) is 12.3 Å². The largest absolute Gasteiger partial charge is 0.462 e. The van der Waals surface area contributed by atoms with Crippen LogP contribution in [-0.2, 0) is 19.1 Å². The zero-order chi connectivity index (χ0) is 21.5. The van der Waals surface area contributed by atoms with E-state index in [-0.39, 0.29) is 41.9 Å². The summed E-state index contributed by atoms with van der Waals surface area (Å²) >= 11 is 0. The first-order chi connectivity index (χ1) is 14.2. The van der Waals surface area contributed by atoms with Crippen LogP contribution in [0.3, 0.4) is 0 Å². The van der Waals surface area contributed by atoms with E-state index in [9.17, 15) is 14.7 Å². The molecular formula is C25H36O5. The van der Waals surface area contributed by atoms with Gasteiger partial charge in [-0.05, 0) is 68.8 Å². The van der Waals surface area contributed by atoms with Crippen LogP contribution in [0.4, 0.5) is 0 Å². The average molecular weight is 417 g/mol. The minimum absolute atomic E-state index is 0.0231. The van der Waals surface area contributed by atoms with Crippen molar-refractivity contribution in [3.8, 4) is 0 Å². The highest BCUT2D eigenvalue weighted by molar-refractivity contribution is 5.79. The summed E-state index contributed by atoms with van der Waals surface area (Å²) in [5.74, 6) is 1.15. The van der Waals surface area contributed by atoms with E-state index in [0.29, 0.717) is 24.2 Å². The number of aliphatic hydroxyl groups is 1. The Morgan fingerprint density at radius 2 is 2.03 bits per heavy atom.